The maximum Gasteiger partial charge on any atom is 0.263 e. The first kappa shape index (κ1) is 20.6. The largest absolute Gasteiger partial charge is 0.279 e. The molecule has 0 amide bonds. The summed E-state index contributed by atoms with van der Waals surface area (Å²) in [4.78, 5) is 3.71. The Kier molecular flexibility index (Phi) is 6.28. The number of aryl methyl sites for hydroxylation is 1. The molecule has 0 bridgehead atoms. The Morgan fingerprint density at radius 2 is 1.65 bits per heavy atom. The molecule has 0 radical (unpaired) electrons. The van der Waals surface area contributed by atoms with Gasteiger partial charge >= 0.3 is 0 Å². The van der Waals surface area contributed by atoms with E-state index >= 15 is 0 Å². The monoisotopic (exact) mass is 417 g/mol. The van der Waals surface area contributed by atoms with Crippen molar-refractivity contribution in [2.24, 2.45) is 0 Å². The molecule has 0 unspecified atom stereocenters. The highest BCUT2D eigenvalue weighted by atomic mass is 35.5. The highest BCUT2D eigenvalue weighted by molar-refractivity contribution is 7.92. The zero-order chi connectivity index (χ0) is 19.5. The van der Waals surface area contributed by atoms with Crippen molar-refractivity contribution in [1.82, 2.24) is 9.29 Å². The molecule has 0 aliphatic heterocycles. The van der Waals surface area contributed by atoms with Gasteiger partial charge in [-0.25, -0.2) is 21.8 Å². The minimum absolute atomic E-state index is 0.0266. The molecule has 7 nitrogen and oxygen atoms in total. The Morgan fingerprint density at radius 3 is 2.19 bits per heavy atom. The number of rotatable bonds is 7. The molecule has 1 aromatic heterocycles. The fraction of sp³-hybridized carbons (Fsp3) is 0.312. The average Bonchev–Trinajstić information content (AvgIpc) is 2.57. The van der Waals surface area contributed by atoms with Gasteiger partial charge in [0.1, 0.15) is 10.0 Å². The molecule has 0 fully saturated rings. The summed E-state index contributed by atoms with van der Waals surface area (Å²) in [7, 11) is -7.62. The molecule has 0 aliphatic carbocycles. The van der Waals surface area contributed by atoms with Gasteiger partial charge in [-0.1, -0.05) is 31.5 Å². The summed E-state index contributed by atoms with van der Waals surface area (Å²) in [6, 6.07) is 7.04. The van der Waals surface area contributed by atoms with Gasteiger partial charge in [0.05, 0.1) is 10.6 Å². The lowest BCUT2D eigenvalue weighted by molar-refractivity contribution is 0.445. The van der Waals surface area contributed by atoms with Crippen LogP contribution in [-0.4, -0.2) is 39.2 Å². The van der Waals surface area contributed by atoms with Crippen molar-refractivity contribution in [1.29, 1.82) is 0 Å². The molecule has 1 aromatic carbocycles. The number of pyridine rings is 1. The number of hydrogen-bond acceptors (Lipinski definition) is 5. The van der Waals surface area contributed by atoms with Crippen molar-refractivity contribution in [2.45, 2.75) is 30.6 Å². The standard InChI is InChI=1S/C16H20ClN3O4S2/c1-4-20(5-2)26(23,24)13-7-6-12(3)15(10-13)19-25(21,22)14-8-9-16(17)18-11-14/h6-11,19H,4-5H2,1-3H3. The van der Waals surface area contributed by atoms with Crippen LogP contribution < -0.4 is 4.72 Å². The van der Waals surface area contributed by atoms with E-state index < -0.39 is 20.0 Å². The van der Waals surface area contributed by atoms with Crippen LogP contribution in [-0.2, 0) is 20.0 Å². The van der Waals surface area contributed by atoms with Crippen LogP contribution in [0.15, 0.2) is 46.3 Å². The quantitative estimate of drug-likeness (QED) is 0.698. The van der Waals surface area contributed by atoms with Gasteiger partial charge in [0.2, 0.25) is 10.0 Å². The molecule has 0 saturated carbocycles. The molecular formula is C16H20ClN3O4S2. The van der Waals surface area contributed by atoms with Crippen LogP contribution in [0.3, 0.4) is 0 Å². The van der Waals surface area contributed by atoms with Crippen molar-refractivity contribution in [3.63, 3.8) is 0 Å². The zero-order valence-electron chi connectivity index (χ0n) is 14.6. The lowest BCUT2D eigenvalue weighted by Crippen LogP contribution is -2.30. The maximum atomic E-state index is 12.7. The van der Waals surface area contributed by atoms with Crippen molar-refractivity contribution in [3.05, 3.63) is 47.2 Å². The second kappa shape index (κ2) is 7.91. The molecule has 0 aliphatic rings. The molecule has 2 aromatic rings. The van der Waals surface area contributed by atoms with Gasteiger partial charge in [-0.15, -0.1) is 0 Å². The number of benzene rings is 1. The number of aromatic nitrogens is 1. The van der Waals surface area contributed by atoms with Crippen LogP contribution in [0.25, 0.3) is 0 Å². The van der Waals surface area contributed by atoms with Crippen molar-refractivity contribution < 1.29 is 16.8 Å². The molecule has 142 valence electrons. The first-order valence-corrected chi connectivity index (χ1v) is 11.2. The van der Waals surface area contributed by atoms with E-state index in [1.807, 2.05) is 0 Å². The molecule has 10 heteroatoms. The first-order valence-electron chi connectivity index (χ1n) is 7.87. The molecule has 1 N–H and O–H groups in total. The summed E-state index contributed by atoms with van der Waals surface area (Å²) in [5, 5.41) is 0.174. The van der Waals surface area contributed by atoms with Crippen molar-refractivity contribution >= 4 is 37.3 Å². The summed E-state index contributed by atoms with van der Waals surface area (Å²) in [5.74, 6) is 0. The van der Waals surface area contributed by atoms with Crippen molar-refractivity contribution in [2.75, 3.05) is 17.8 Å². The van der Waals surface area contributed by atoms with Gasteiger partial charge in [-0.2, -0.15) is 4.31 Å². The number of anilines is 1. The third-order valence-corrected chi connectivity index (χ3v) is 7.43. The van der Waals surface area contributed by atoms with E-state index in [2.05, 4.69) is 9.71 Å². The summed E-state index contributed by atoms with van der Waals surface area (Å²) in [5.41, 5.74) is 0.780. The summed E-state index contributed by atoms with van der Waals surface area (Å²) < 4.78 is 54.1. The Balaban J connectivity index is 2.43. The van der Waals surface area contributed by atoms with Crippen LogP contribution in [0, 0.1) is 6.92 Å². The molecule has 0 atom stereocenters. The predicted octanol–water partition coefficient (Wildman–Crippen LogP) is 2.87. The normalized spacial score (nSPS) is 12.3. The van der Waals surface area contributed by atoms with Gasteiger partial charge in [-0.05, 0) is 36.8 Å². The SMILES string of the molecule is CCN(CC)S(=O)(=O)c1ccc(C)c(NS(=O)(=O)c2ccc(Cl)nc2)c1. The highest BCUT2D eigenvalue weighted by Crippen LogP contribution is 2.25. The number of sulfonamides is 2. The lowest BCUT2D eigenvalue weighted by atomic mass is 10.2. The number of nitrogens with zero attached hydrogens (tertiary/aromatic N) is 2. The van der Waals surface area contributed by atoms with E-state index in [9.17, 15) is 16.8 Å². The predicted molar refractivity (Wildman–Crippen MR) is 101 cm³/mol. The molecule has 2 rings (SSSR count). The molecule has 0 spiro atoms. The summed E-state index contributed by atoms with van der Waals surface area (Å²) in [6.45, 7) is 5.82. The smallest absolute Gasteiger partial charge is 0.263 e. The van der Waals surface area contributed by atoms with Gasteiger partial charge in [0.15, 0.2) is 0 Å². The molecule has 26 heavy (non-hydrogen) atoms. The summed E-state index contributed by atoms with van der Waals surface area (Å²) >= 11 is 5.68. The van der Waals surface area contributed by atoms with Gasteiger partial charge in [-0.3, -0.25) is 4.72 Å². The van der Waals surface area contributed by atoms with E-state index in [0.717, 1.165) is 6.20 Å². The number of hydrogen-bond donors (Lipinski definition) is 1. The molecule has 0 saturated heterocycles. The van der Waals surface area contributed by atoms with Gasteiger partial charge < -0.3 is 0 Å². The van der Waals surface area contributed by atoms with Crippen LogP contribution in [0.5, 0.6) is 0 Å². The van der Waals surface area contributed by atoms with E-state index in [0.29, 0.717) is 18.7 Å². The Labute approximate surface area is 159 Å². The average molecular weight is 418 g/mol. The first-order chi connectivity index (χ1) is 12.1. The van der Waals surface area contributed by atoms with Crippen LogP contribution in [0.1, 0.15) is 19.4 Å². The second-order valence-corrected chi connectivity index (χ2v) is 9.50. The summed E-state index contributed by atoms with van der Waals surface area (Å²) in [6.07, 6.45) is 1.14. The van der Waals surface area contributed by atoms with E-state index in [-0.39, 0.29) is 20.6 Å². The van der Waals surface area contributed by atoms with E-state index in [1.54, 1.807) is 26.8 Å². The lowest BCUT2D eigenvalue weighted by Gasteiger charge is -2.19. The number of halogens is 1. The fourth-order valence-electron chi connectivity index (χ4n) is 2.31. The van der Waals surface area contributed by atoms with E-state index in [4.69, 9.17) is 11.6 Å². The zero-order valence-corrected chi connectivity index (χ0v) is 17.0. The van der Waals surface area contributed by atoms with E-state index in [1.165, 1.54) is 28.6 Å². The Bertz CT molecular complexity index is 987. The van der Waals surface area contributed by atoms with Crippen LogP contribution in [0.4, 0.5) is 5.69 Å². The Morgan fingerprint density at radius 1 is 1.04 bits per heavy atom. The topological polar surface area (TPSA) is 96.4 Å². The van der Waals surface area contributed by atoms with Crippen molar-refractivity contribution in [3.8, 4) is 0 Å². The fourth-order valence-corrected chi connectivity index (χ4v) is 4.97. The van der Waals surface area contributed by atoms with Crippen LogP contribution >= 0.6 is 11.6 Å². The minimum Gasteiger partial charge on any atom is -0.279 e. The van der Waals surface area contributed by atoms with Gasteiger partial charge in [0.25, 0.3) is 10.0 Å². The van der Waals surface area contributed by atoms with Gasteiger partial charge in [0, 0.05) is 19.3 Å². The second-order valence-electron chi connectivity index (χ2n) is 5.49. The maximum absolute atomic E-state index is 12.7. The number of nitrogens with one attached hydrogen (secondary N) is 1. The molecular weight excluding hydrogens is 398 g/mol. The minimum atomic E-state index is -3.93. The third kappa shape index (κ3) is 4.35. The third-order valence-electron chi connectivity index (χ3n) is 3.81. The van der Waals surface area contributed by atoms with Crippen LogP contribution in [0.2, 0.25) is 5.15 Å². The highest BCUT2D eigenvalue weighted by Gasteiger charge is 2.23. The molecule has 1 heterocycles. The Hall–Kier alpha value is -1.68.